The lowest BCUT2D eigenvalue weighted by molar-refractivity contribution is 0.0234. The Morgan fingerprint density at radius 2 is 2.27 bits per heavy atom. The number of hydrogen-bond acceptors (Lipinski definition) is 5. The van der Waals surface area contributed by atoms with Crippen LogP contribution in [0.1, 0.15) is 34.8 Å². The van der Waals surface area contributed by atoms with Crippen LogP contribution in [0, 0.1) is 5.92 Å². The summed E-state index contributed by atoms with van der Waals surface area (Å²) in [4.78, 5) is 16.5. The molecule has 1 amide bonds. The number of aromatic nitrogens is 3. The highest BCUT2D eigenvalue weighted by atomic mass is 16.5. The minimum absolute atomic E-state index is 0.191. The SMILES string of the molecule is COc1ccc(C(NC(=O)c2cn[nH]c2)C2CC(O)C2)cn1. The lowest BCUT2D eigenvalue weighted by Gasteiger charge is -2.38. The Kier molecular flexibility index (Phi) is 4.06. The van der Waals surface area contributed by atoms with Crippen molar-refractivity contribution >= 4 is 5.91 Å². The van der Waals surface area contributed by atoms with E-state index in [0.29, 0.717) is 24.3 Å². The minimum Gasteiger partial charge on any atom is -0.481 e. The number of rotatable bonds is 5. The molecular formula is C15H18N4O3. The van der Waals surface area contributed by atoms with Gasteiger partial charge >= 0.3 is 0 Å². The number of nitrogens with zero attached hydrogens (tertiary/aromatic N) is 2. The molecule has 1 fully saturated rings. The molecule has 2 aromatic rings. The first-order chi connectivity index (χ1) is 10.7. The summed E-state index contributed by atoms with van der Waals surface area (Å²) >= 11 is 0. The fraction of sp³-hybridized carbons (Fsp3) is 0.400. The standard InChI is InChI=1S/C15H18N4O3/c1-22-13-3-2-9(6-16-13)14(10-4-12(20)5-10)19-15(21)11-7-17-18-8-11/h2-3,6-8,10,12,14,20H,4-5H2,1H3,(H,17,18)(H,19,21). The van der Waals surface area contributed by atoms with Gasteiger partial charge in [-0.25, -0.2) is 4.98 Å². The summed E-state index contributed by atoms with van der Waals surface area (Å²) in [5.41, 5.74) is 1.38. The Bertz CT molecular complexity index is 621. The van der Waals surface area contributed by atoms with Crippen LogP contribution in [0.5, 0.6) is 5.88 Å². The van der Waals surface area contributed by atoms with E-state index in [1.807, 2.05) is 6.07 Å². The zero-order valence-electron chi connectivity index (χ0n) is 12.2. The molecule has 1 unspecified atom stereocenters. The van der Waals surface area contributed by atoms with E-state index in [2.05, 4.69) is 20.5 Å². The molecule has 0 saturated heterocycles. The average molecular weight is 302 g/mol. The van der Waals surface area contributed by atoms with Gasteiger partial charge in [0.05, 0.1) is 31.0 Å². The largest absolute Gasteiger partial charge is 0.481 e. The van der Waals surface area contributed by atoms with E-state index in [9.17, 15) is 9.90 Å². The molecule has 0 spiro atoms. The third kappa shape index (κ3) is 2.94. The van der Waals surface area contributed by atoms with E-state index < -0.39 is 0 Å². The lowest BCUT2D eigenvalue weighted by atomic mass is 9.75. The van der Waals surface area contributed by atoms with E-state index in [4.69, 9.17) is 4.74 Å². The van der Waals surface area contributed by atoms with Crippen molar-refractivity contribution < 1.29 is 14.6 Å². The summed E-state index contributed by atoms with van der Waals surface area (Å²) < 4.78 is 5.06. The minimum atomic E-state index is -0.287. The van der Waals surface area contributed by atoms with Gasteiger partial charge in [-0.15, -0.1) is 0 Å². The lowest BCUT2D eigenvalue weighted by Crippen LogP contribution is -2.41. The number of methoxy groups -OCH3 is 1. The van der Waals surface area contributed by atoms with E-state index >= 15 is 0 Å². The number of H-pyrrole nitrogens is 1. The number of aromatic amines is 1. The van der Waals surface area contributed by atoms with Crippen LogP contribution < -0.4 is 10.1 Å². The molecule has 2 aromatic heterocycles. The maximum absolute atomic E-state index is 12.3. The molecule has 0 aromatic carbocycles. The third-order valence-corrected chi connectivity index (χ3v) is 4.00. The Morgan fingerprint density at radius 3 is 2.82 bits per heavy atom. The van der Waals surface area contributed by atoms with Crippen LogP contribution in [0.25, 0.3) is 0 Å². The molecule has 0 bridgehead atoms. The van der Waals surface area contributed by atoms with Crippen LogP contribution in [0.4, 0.5) is 0 Å². The van der Waals surface area contributed by atoms with Gasteiger partial charge in [0.2, 0.25) is 5.88 Å². The third-order valence-electron chi connectivity index (χ3n) is 4.00. The predicted molar refractivity (Wildman–Crippen MR) is 78.3 cm³/mol. The molecule has 0 radical (unpaired) electrons. The topological polar surface area (TPSA) is 100 Å². The number of amides is 1. The second-order valence-corrected chi connectivity index (χ2v) is 5.46. The fourth-order valence-corrected chi connectivity index (χ4v) is 2.67. The maximum Gasteiger partial charge on any atom is 0.254 e. The molecule has 1 aliphatic rings. The predicted octanol–water partition coefficient (Wildman–Crippen LogP) is 1.06. The fourth-order valence-electron chi connectivity index (χ4n) is 2.67. The molecule has 22 heavy (non-hydrogen) atoms. The van der Waals surface area contributed by atoms with Crippen LogP contribution in [-0.2, 0) is 0 Å². The molecule has 3 N–H and O–H groups in total. The molecule has 1 aliphatic carbocycles. The smallest absolute Gasteiger partial charge is 0.254 e. The Balaban J connectivity index is 1.78. The van der Waals surface area contributed by atoms with Gasteiger partial charge in [0, 0.05) is 18.5 Å². The zero-order valence-corrected chi connectivity index (χ0v) is 12.2. The van der Waals surface area contributed by atoms with Gasteiger partial charge in [0.1, 0.15) is 0 Å². The Hall–Kier alpha value is -2.41. The zero-order chi connectivity index (χ0) is 15.5. The molecule has 1 atom stereocenters. The van der Waals surface area contributed by atoms with Crippen LogP contribution in [0.3, 0.4) is 0 Å². The monoisotopic (exact) mass is 302 g/mol. The highest BCUT2D eigenvalue weighted by molar-refractivity contribution is 5.93. The quantitative estimate of drug-likeness (QED) is 0.766. The van der Waals surface area contributed by atoms with Crippen LogP contribution in [0.15, 0.2) is 30.7 Å². The number of ether oxygens (including phenoxy) is 1. The van der Waals surface area contributed by atoms with Crippen molar-refractivity contribution in [3.05, 3.63) is 41.9 Å². The van der Waals surface area contributed by atoms with Crippen molar-refractivity contribution in [3.8, 4) is 5.88 Å². The number of nitrogens with one attached hydrogen (secondary N) is 2. The van der Waals surface area contributed by atoms with Gasteiger partial charge in [-0.2, -0.15) is 5.10 Å². The van der Waals surface area contributed by atoms with E-state index in [1.54, 1.807) is 25.6 Å². The number of carbonyl (C=O) groups is 1. The van der Waals surface area contributed by atoms with Gasteiger partial charge < -0.3 is 15.2 Å². The van der Waals surface area contributed by atoms with E-state index in [-0.39, 0.29) is 24.0 Å². The highest BCUT2D eigenvalue weighted by Gasteiger charge is 2.36. The first kappa shape index (κ1) is 14.5. The van der Waals surface area contributed by atoms with Gasteiger partial charge in [-0.1, -0.05) is 6.07 Å². The molecule has 3 rings (SSSR count). The van der Waals surface area contributed by atoms with Gasteiger partial charge in [-0.3, -0.25) is 9.89 Å². The number of pyridine rings is 1. The van der Waals surface area contributed by atoms with Crippen molar-refractivity contribution in [1.29, 1.82) is 0 Å². The van der Waals surface area contributed by atoms with Gasteiger partial charge in [0.15, 0.2) is 0 Å². The van der Waals surface area contributed by atoms with Crippen molar-refractivity contribution in [3.63, 3.8) is 0 Å². The van der Waals surface area contributed by atoms with Crippen LogP contribution in [-0.4, -0.2) is 39.4 Å². The molecule has 116 valence electrons. The second-order valence-electron chi connectivity index (χ2n) is 5.46. The normalized spacial score (nSPS) is 21.7. The van der Waals surface area contributed by atoms with Crippen molar-refractivity contribution in [2.24, 2.45) is 5.92 Å². The van der Waals surface area contributed by atoms with Crippen LogP contribution in [0.2, 0.25) is 0 Å². The molecule has 1 saturated carbocycles. The number of hydrogen-bond donors (Lipinski definition) is 3. The van der Waals surface area contributed by atoms with Crippen LogP contribution >= 0.6 is 0 Å². The molecule has 0 aliphatic heterocycles. The second kappa shape index (κ2) is 6.15. The summed E-state index contributed by atoms with van der Waals surface area (Å²) in [5.74, 6) is 0.523. The summed E-state index contributed by atoms with van der Waals surface area (Å²) in [7, 11) is 1.56. The summed E-state index contributed by atoms with van der Waals surface area (Å²) in [6, 6.07) is 3.46. The molecule has 2 heterocycles. The molecular weight excluding hydrogens is 284 g/mol. The summed E-state index contributed by atoms with van der Waals surface area (Å²) in [6.07, 6.45) is 5.78. The van der Waals surface area contributed by atoms with Gasteiger partial charge in [-0.05, 0) is 24.3 Å². The number of aliphatic hydroxyl groups excluding tert-OH is 1. The highest BCUT2D eigenvalue weighted by Crippen LogP contribution is 2.38. The summed E-state index contributed by atoms with van der Waals surface area (Å²) in [6.45, 7) is 0. The number of aliphatic hydroxyl groups is 1. The van der Waals surface area contributed by atoms with Crippen molar-refractivity contribution in [2.45, 2.75) is 25.0 Å². The first-order valence-corrected chi connectivity index (χ1v) is 7.15. The molecule has 7 nitrogen and oxygen atoms in total. The Morgan fingerprint density at radius 1 is 1.45 bits per heavy atom. The first-order valence-electron chi connectivity index (χ1n) is 7.15. The van der Waals surface area contributed by atoms with E-state index in [1.165, 1.54) is 6.20 Å². The summed E-state index contributed by atoms with van der Waals surface area (Å²) in [5, 5.41) is 19.0. The van der Waals surface area contributed by atoms with Crippen molar-refractivity contribution in [1.82, 2.24) is 20.5 Å². The molecule has 7 heteroatoms. The Labute approximate surface area is 127 Å². The van der Waals surface area contributed by atoms with E-state index in [0.717, 1.165) is 5.56 Å². The number of carbonyl (C=O) groups excluding carboxylic acids is 1. The maximum atomic E-state index is 12.3. The average Bonchev–Trinajstić information content (AvgIpc) is 3.04. The van der Waals surface area contributed by atoms with Gasteiger partial charge in [0.25, 0.3) is 5.91 Å². The van der Waals surface area contributed by atoms with Crippen molar-refractivity contribution in [2.75, 3.05) is 7.11 Å².